The van der Waals surface area contributed by atoms with Crippen LogP contribution < -0.4 is 5.32 Å². The zero-order chi connectivity index (χ0) is 12.8. The summed E-state index contributed by atoms with van der Waals surface area (Å²) < 4.78 is 37.6. The average molecular weight is 255 g/mol. The molecule has 1 fully saturated rings. The number of rotatable bonds is 3. The number of benzene rings is 1. The van der Waals surface area contributed by atoms with Gasteiger partial charge in [0.05, 0.1) is 23.1 Å². The van der Waals surface area contributed by atoms with Gasteiger partial charge in [-0.3, -0.25) is 0 Å². The van der Waals surface area contributed by atoms with Gasteiger partial charge in [-0.2, -0.15) is 13.2 Å². The van der Waals surface area contributed by atoms with E-state index in [1.54, 1.807) is 0 Å². The summed E-state index contributed by atoms with van der Waals surface area (Å²) in [5.74, 6) is 0.677. The van der Waals surface area contributed by atoms with Crippen molar-refractivity contribution in [2.24, 2.45) is 0 Å². The summed E-state index contributed by atoms with van der Waals surface area (Å²) in [7, 11) is 0. The third-order valence-corrected chi connectivity index (χ3v) is 2.99. The van der Waals surface area contributed by atoms with E-state index in [-0.39, 0.29) is 0 Å². The summed E-state index contributed by atoms with van der Waals surface area (Å²) in [6.07, 6.45) is -1.98. The van der Waals surface area contributed by atoms with E-state index < -0.39 is 11.7 Å². The van der Waals surface area contributed by atoms with Crippen LogP contribution >= 0.6 is 0 Å². The van der Waals surface area contributed by atoms with E-state index in [2.05, 4.69) is 15.3 Å². The summed E-state index contributed by atoms with van der Waals surface area (Å²) in [4.78, 5) is 7.17. The molecule has 1 aromatic heterocycles. The Balaban J connectivity index is 1.86. The molecular weight excluding hydrogens is 243 g/mol. The number of fused-ring (bicyclic) bond motifs is 1. The van der Waals surface area contributed by atoms with E-state index in [4.69, 9.17) is 0 Å². The number of aromatic amines is 1. The molecule has 2 aromatic rings. The number of H-pyrrole nitrogens is 1. The Morgan fingerprint density at radius 1 is 1.33 bits per heavy atom. The van der Waals surface area contributed by atoms with E-state index in [0.29, 0.717) is 29.4 Å². The van der Waals surface area contributed by atoms with Crippen LogP contribution in [0.3, 0.4) is 0 Å². The predicted molar refractivity (Wildman–Crippen MR) is 61.0 cm³/mol. The summed E-state index contributed by atoms with van der Waals surface area (Å²) in [6.45, 7) is 0.570. The second-order valence-corrected chi connectivity index (χ2v) is 4.57. The molecule has 1 aliphatic rings. The zero-order valence-corrected chi connectivity index (χ0v) is 9.51. The molecule has 0 spiro atoms. The molecule has 1 aromatic carbocycles. The smallest absolute Gasteiger partial charge is 0.341 e. The minimum atomic E-state index is -4.31. The lowest BCUT2D eigenvalue weighted by molar-refractivity contribution is -0.137. The Kier molecular flexibility index (Phi) is 2.55. The molecule has 96 valence electrons. The van der Waals surface area contributed by atoms with Gasteiger partial charge in [0, 0.05) is 6.04 Å². The van der Waals surface area contributed by atoms with Crippen molar-refractivity contribution in [2.75, 3.05) is 0 Å². The molecule has 0 unspecified atom stereocenters. The van der Waals surface area contributed by atoms with Crippen molar-refractivity contribution in [2.45, 2.75) is 31.6 Å². The van der Waals surface area contributed by atoms with Crippen LogP contribution in [0.1, 0.15) is 24.2 Å². The highest BCUT2D eigenvalue weighted by Crippen LogP contribution is 2.30. The summed E-state index contributed by atoms with van der Waals surface area (Å²) in [5.41, 5.74) is 0.341. The van der Waals surface area contributed by atoms with Gasteiger partial charge in [0.2, 0.25) is 0 Å². The fraction of sp³-hybridized carbons (Fsp3) is 0.417. The summed E-state index contributed by atoms with van der Waals surface area (Å²) in [5, 5.41) is 3.26. The quantitative estimate of drug-likeness (QED) is 0.885. The second-order valence-electron chi connectivity index (χ2n) is 4.57. The lowest BCUT2D eigenvalue weighted by Gasteiger charge is -2.05. The van der Waals surface area contributed by atoms with Gasteiger partial charge >= 0.3 is 6.18 Å². The minimum Gasteiger partial charge on any atom is -0.341 e. The number of hydrogen-bond donors (Lipinski definition) is 2. The fourth-order valence-corrected chi connectivity index (χ4v) is 1.85. The molecule has 2 N–H and O–H groups in total. The van der Waals surface area contributed by atoms with Crippen LogP contribution in [0.15, 0.2) is 18.2 Å². The lowest BCUT2D eigenvalue weighted by Crippen LogP contribution is -2.16. The van der Waals surface area contributed by atoms with Crippen LogP contribution in [-0.2, 0) is 12.7 Å². The largest absolute Gasteiger partial charge is 0.416 e. The number of imidazole rings is 1. The van der Waals surface area contributed by atoms with Crippen molar-refractivity contribution in [1.82, 2.24) is 15.3 Å². The highest BCUT2D eigenvalue weighted by atomic mass is 19.4. The minimum absolute atomic E-state index is 0.428. The fourth-order valence-electron chi connectivity index (χ4n) is 1.85. The maximum Gasteiger partial charge on any atom is 0.416 e. The van der Waals surface area contributed by atoms with Crippen LogP contribution in [0, 0.1) is 0 Å². The van der Waals surface area contributed by atoms with Gasteiger partial charge in [0.15, 0.2) is 0 Å². The predicted octanol–water partition coefficient (Wildman–Crippen LogP) is 2.83. The number of nitrogens with zero attached hydrogens (tertiary/aromatic N) is 1. The summed E-state index contributed by atoms with van der Waals surface area (Å²) in [6, 6.07) is 4.10. The first-order valence-electron chi connectivity index (χ1n) is 5.81. The number of nitrogens with one attached hydrogen (secondary N) is 2. The average Bonchev–Trinajstić information content (AvgIpc) is 3.03. The Morgan fingerprint density at radius 2 is 2.11 bits per heavy atom. The van der Waals surface area contributed by atoms with Crippen LogP contribution in [0.5, 0.6) is 0 Å². The molecule has 0 aliphatic heterocycles. The molecule has 1 saturated carbocycles. The Morgan fingerprint density at radius 3 is 2.78 bits per heavy atom. The van der Waals surface area contributed by atoms with Crippen molar-refractivity contribution >= 4 is 11.0 Å². The molecule has 3 rings (SSSR count). The summed E-state index contributed by atoms with van der Waals surface area (Å²) >= 11 is 0. The first-order valence-corrected chi connectivity index (χ1v) is 5.81. The number of hydrogen-bond acceptors (Lipinski definition) is 2. The SMILES string of the molecule is FC(F)(F)c1ccc2nc(CNC3CC3)[nH]c2c1. The Labute approximate surface area is 101 Å². The molecule has 0 amide bonds. The third-order valence-electron chi connectivity index (χ3n) is 2.99. The van der Waals surface area contributed by atoms with Gasteiger partial charge in [0.25, 0.3) is 0 Å². The van der Waals surface area contributed by atoms with Gasteiger partial charge in [-0.15, -0.1) is 0 Å². The van der Waals surface area contributed by atoms with E-state index in [1.165, 1.54) is 18.9 Å². The molecule has 6 heteroatoms. The molecule has 0 bridgehead atoms. The van der Waals surface area contributed by atoms with Crippen LogP contribution in [0.2, 0.25) is 0 Å². The molecule has 18 heavy (non-hydrogen) atoms. The first-order chi connectivity index (χ1) is 8.52. The molecule has 1 aliphatic carbocycles. The van der Waals surface area contributed by atoms with E-state index in [9.17, 15) is 13.2 Å². The molecular formula is C12H12F3N3. The van der Waals surface area contributed by atoms with Crippen LogP contribution in [-0.4, -0.2) is 16.0 Å². The third kappa shape index (κ3) is 2.33. The van der Waals surface area contributed by atoms with E-state index in [1.807, 2.05) is 0 Å². The standard InChI is InChI=1S/C12H12F3N3/c13-12(14,15)7-1-4-9-10(5-7)18-11(17-9)6-16-8-2-3-8/h1,4-5,8,16H,2-3,6H2,(H,17,18). The molecule has 0 atom stereocenters. The maximum absolute atomic E-state index is 12.5. The number of aromatic nitrogens is 2. The number of halogens is 3. The van der Waals surface area contributed by atoms with Gasteiger partial charge in [-0.05, 0) is 31.0 Å². The molecule has 3 nitrogen and oxygen atoms in total. The molecule has 0 radical (unpaired) electrons. The van der Waals surface area contributed by atoms with Gasteiger partial charge in [0.1, 0.15) is 5.82 Å². The lowest BCUT2D eigenvalue weighted by atomic mass is 10.2. The normalized spacial score (nSPS) is 16.4. The molecule has 1 heterocycles. The van der Waals surface area contributed by atoms with Gasteiger partial charge in [-0.1, -0.05) is 0 Å². The van der Waals surface area contributed by atoms with E-state index in [0.717, 1.165) is 12.1 Å². The van der Waals surface area contributed by atoms with Crippen molar-refractivity contribution in [3.63, 3.8) is 0 Å². The van der Waals surface area contributed by atoms with Crippen molar-refractivity contribution in [3.05, 3.63) is 29.6 Å². The van der Waals surface area contributed by atoms with Crippen LogP contribution in [0.4, 0.5) is 13.2 Å². The van der Waals surface area contributed by atoms with Gasteiger partial charge in [-0.25, -0.2) is 4.98 Å². The van der Waals surface area contributed by atoms with Crippen LogP contribution in [0.25, 0.3) is 11.0 Å². The maximum atomic E-state index is 12.5. The second kappa shape index (κ2) is 3.98. The highest BCUT2D eigenvalue weighted by Gasteiger charge is 2.30. The highest BCUT2D eigenvalue weighted by molar-refractivity contribution is 5.76. The first kappa shape index (κ1) is 11.5. The van der Waals surface area contributed by atoms with E-state index >= 15 is 0 Å². The Hall–Kier alpha value is -1.56. The Bertz CT molecular complexity index is 569. The molecule has 0 saturated heterocycles. The topological polar surface area (TPSA) is 40.7 Å². The van der Waals surface area contributed by atoms with Crippen molar-refractivity contribution in [3.8, 4) is 0 Å². The zero-order valence-electron chi connectivity index (χ0n) is 9.51. The van der Waals surface area contributed by atoms with Crippen molar-refractivity contribution in [1.29, 1.82) is 0 Å². The number of alkyl halides is 3. The monoisotopic (exact) mass is 255 g/mol. The van der Waals surface area contributed by atoms with Crippen molar-refractivity contribution < 1.29 is 13.2 Å². The van der Waals surface area contributed by atoms with Gasteiger partial charge < -0.3 is 10.3 Å².